The van der Waals surface area contributed by atoms with Crippen LogP contribution in [-0.4, -0.2) is 24.9 Å². The van der Waals surface area contributed by atoms with E-state index in [2.05, 4.69) is 12.1 Å². The lowest BCUT2D eigenvalue weighted by Gasteiger charge is -2.24. The molecule has 3 rings (SSSR count). The number of rotatable bonds is 4. The summed E-state index contributed by atoms with van der Waals surface area (Å²) in [4.78, 5) is 0. The zero-order valence-corrected chi connectivity index (χ0v) is 12.4. The second-order valence-electron chi connectivity index (χ2n) is 5.75. The Morgan fingerprint density at radius 3 is 2.71 bits per heavy atom. The van der Waals surface area contributed by atoms with Crippen molar-refractivity contribution in [1.82, 2.24) is 0 Å². The first kappa shape index (κ1) is 14.4. The van der Waals surface area contributed by atoms with Gasteiger partial charge in [-0.3, -0.25) is 0 Å². The second-order valence-corrected chi connectivity index (χ2v) is 5.75. The Hall–Kier alpha value is -1.58. The highest BCUT2D eigenvalue weighted by atomic mass is 16.5. The summed E-state index contributed by atoms with van der Waals surface area (Å²) in [6.45, 7) is 4.13. The largest absolute Gasteiger partial charge is 0.492 e. The molecule has 0 saturated carbocycles. The molecule has 3 nitrogen and oxygen atoms in total. The number of hydrogen-bond acceptors (Lipinski definition) is 3. The predicted molar refractivity (Wildman–Crippen MR) is 83.6 cm³/mol. The summed E-state index contributed by atoms with van der Waals surface area (Å²) in [5, 5.41) is 12.2. The van der Waals surface area contributed by atoms with Crippen molar-refractivity contribution in [3.05, 3.63) is 42.0 Å². The predicted octanol–water partition coefficient (Wildman–Crippen LogP) is 3.70. The van der Waals surface area contributed by atoms with Crippen LogP contribution >= 0.6 is 0 Å². The van der Waals surface area contributed by atoms with Gasteiger partial charge in [-0.05, 0) is 31.1 Å². The Bertz CT molecular complexity index is 600. The lowest BCUT2D eigenvalue weighted by atomic mass is 10.0. The van der Waals surface area contributed by atoms with Crippen LogP contribution < -0.4 is 4.74 Å². The molecule has 0 bridgehead atoms. The van der Waals surface area contributed by atoms with Gasteiger partial charge in [0.05, 0.1) is 12.7 Å². The van der Waals surface area contributed by atoms with Crippen LogP contribution in [0, 0.1) is 5.92 Å². The number of aliphatic hydroxyl groups is 1. The summed E-state index contributed by atoms with van der Waals surface area (Å²) in [5.41, 5.74) is 0.862. The number of benzene rings is 2. The molecule has 1 heterocycles. The lowest BCUT2D eigenvalue weighted by molar-refractivity contribution is 0.0494. The highest BCUT2D eigenvalue weighted by Crippen LogP contribution is 2.34. The molecule has 0 unspecified atom stereocenters. The standard InChI is InChI=1S/C18H22O3/c1-13(19)16-7-6-15-4-2-3-5-17(15)18(16)21-12-14-8-10-20-11-9-14/h2-7,13-14,19H,8-12H2,1H3/t13-/m0/s1. The quantitative estimate of drug-likeness (QED) is 0.931. The fraction of sp³-hybridized carbons (Fsp3) is 0.444. The maximum atomic E-state index is 10.0. The molecule has 1 aliphatic heterocycles. The normalized spacial score (nSPS) is 17.8. The van der Waals surface area contributed by atoms with Gasteiger partial charge in [0.25, 0.3) is 0 Å². The summed E-state index contributed by atoms with van der Waals surface area (Å²) >= 11 is 0. The summed E-state index contributed by atoms with van der Waals surface area (Å²) in [5.74, 6) is 1.37. The maximum Gasteiger partial charge on any atom is 0.132 e. The van der Waals surface area contributed by atoms with Crippen molar-refractivity contribution in [3.63, 3.8) is 0 Å². The van der Waals surface area contributed by atoms with Gasteiger partial charge in [0.15, 0.2) is 0 Å². The summed E-state index contributed by atoms with van der Waals surface area (Å²) in [6.07, 6.45) is 1.57. The molecule has 1 N–H and O–H groups in total. The van der Waals surface area contributed by atoms with E-state index in [9.17, 15) is 5.11 Å². The van der Waals surface area contributed by atoms with Gasteiger partial charge in [-0.2, -0.15) is 0 Å². The highest BCUT2D eigenvalue weighted by Gasteiger charge is 2.17. The Kier molecular flexibility index (Phi) is 4.42. The minimum absolute atomic E-state index is 0.528. The number of ether oxygens (including phenoxy) is 2. The van der Waals surface area contributed by atoms with Gasteiger partial charge in [-0.1, -0.05) is 36.4 Å². The molecule has 2 aromatic rings. The maximum absolute atomic E-state index is 10.0. The van der Waals surface area contributed by atoms with Crippen molar-refractivity contribution >= 4 is 10.8 Å². The van der Waals surface area contributed by atoms with Crippen molar-refractivity contribution < 1.29 is 14.6 Å². The molecule has 0 aliphatic carbocycles. The minimum atomic E-state index is -0.528. The molecular weight excluding hydrogens is 264 g/mol. The molecule has 0 amide bonds. The Morgan fingerprint density at radius 2 is 1.95 bits per heavy atom. The fourth-order valence-electron chi connectivity index (χ4n) is 2.86. The van der Waals surface area contributed by atoms with Crippen molar-refractivity contribution in [2.75, 3.05) is 19.8 Å². The van der Waals surface area contributed by atoms with Crippen LogP contribution in [0.1, 0.15) is 31.4 Å². The molecule has 0 radical (unpaired) electrons. The summed E-state index contributed by atoms with van der Waals surface area (Å²) < 4.78 is 11.5. The Balaban J connectivity index is 1.88. The van der Waals surface area contributed by atoms with E-state index >= 15 is 0 Å². The zero-order chi connectivity index (χ0) is 14.7. The smallest absolute Gasteiger partial charge is 0.132 e. The zero-order valence-electron chi connectivity index (χ0n) is 12.4. The van der Waals surface area contributed by atoms with Crippen LogP contribution in [-0.2, 0) is 4.74 Å². The van der Waals surface area contributed by atoms with Crippen molar-refractivity contribution in [2.24, 2.45) is 5.92 Å². The van der Waals surface area contributed by atoms with Gasteiger partial charge >= 0.3 is 0 Å². The molecule has 112 valence electrons. The van der Waals surface area contributed by atoms with E-state index in [0.717, 1.165) is 48.1 Å². The van der Waals surface area contributed by atoms with Crippen LogP contribution in [0.15, 0.2) is 36.4 Å². The van der Waals surface area contributed by atoms with Gasteiger partial charge in [0.1, 0.15) is 5.75 Å². The first-order valence-electron chi connectivity index (χ1n) is 7.66. The molecule has 3 heteroatoms. The molecule has 2 aromatic carbocycles. The third-order valence-electron chi connectivity index (χ3n) is 4.16. The van der Waals surface area contributed by atoms with Gasteiger partial charge in [0, 0.05) is 24.2 Å². The third-order valence-corrected chi connectivity index (χ3v) is 4.16. The SMILES string of the molecule is C[C@H](O)c1ccc2ccccc2c1OCC1CCOCC1. The van der Waals surface area contributed by atoms with Crippen molar-refractivity contribution in [3.8, 4) is 5.75 Å². The van der Waals surface area contributed by atoms with E-state index in [1.165, 1.54) is 0 Å². The summed E-state index contributed by atoms with van der Waals surface area (Å²) in [7, 11) is 0. The molecule has 0 spiro atoms. The molecule has 21 heavy (non-hydrogen) atoms. The van der Waals surface area contributed by atoms with E-state index < -0.39 is 6.10 Å². The average molecular weight is 286 g/mol. The molecule has 0 aromatic heterocycles. The van der Waals surface area contributed by atoms with E-state index in [1.54, 1.807) is 6.92 Å². The fourth-order valence-corrected chi connectivity index (χ4v) is 2.86. The Labute approximate surface area is 125 Å². The van der Waals surface area contributed by atoms with Crippen LogP contribution in [0.5, 0.6) is 5.75 Å². The summed E-state index contributed by atoms with van der Waals surface area (Å²) in [6, 6.07) is 12.2. The van der Waals surface area contributed by atoms with Crippen LogP contribution in [0.3, 0.4) is 0 Å². The molecule has 1 aliphatic rings. The first-order chi connectivity index (χ1) is 10.3. The lowest BCUT2D eigenvalue weighted by Crippen LogP contribution is -2.21. The topological polar surface area (TPSA) is 38.7 Å². The van der Waals surface area contributed by atoms with E-state index in [1.807, 2.05) is 24.3 Å². The van der Waals surface area contributed by atoms with Crippen LogP contribution in [0.4, 0.5) is 0 Å². The van der Waals surface area contributed by atoms with E-state index in [4.69, 9.17) is 9.47 Å². The molecule has 1 atom stereocenters. The average Bonchev–Trinajstić information content (AvgIpc) is 2.53. The molecule has 1 saturated heterocycles. The van der Waals surface area contributed by atoms with Gasteiger partial charge in [-0.25, -0.2) is 0 Å². The number of fused-ring (bicyclic) bond motifs is 1. The molecular formula is C18H22O3. The van der Waals surface area contributed by atoms with Gasteiger partial charge in [-0.15, -0.1) is 0 Å². The molecule has 1 fully saturated rings. The van der Waals surface area contributed by atoms with Crippen molar-refractivity contribution in [1.29, 1.82) is 0 Å². The Morgan fingerprint density at radius 1 is 1.19 bits per heavy atom. The highest BCUT2D eigenvalue weighted by molar-refractivity contribution is 5.89. The van der Waals surface area contributed by atoms with Gasteiger partial charge < -0.3 is 14.6 Å². The second kappa shape index (κ2) is 6.46. The number of aliphatic hydroxyl groups excluding tert-OH is 1. The van der Waals surface area contributed by atoms with Crippen LogP contribution in [0.25, 0.3) is 10.8 Å². The van der Waals surface area contributed by atoms with E-state index in [-0.39, 0.29) is 0 Å². The minimum Gasteiger partial charge on any atom is -0.492 e. The third kappa shape index (κ3) is 3.20. The monoisotopic (exact) mass is 286 g/mol. The van der Waals surface area contributed by atoms with Crippen LogP contribution in [0.2, 0.25) is 0 Å². The van der Waals surface area contributed by atoms with E-state index in [0.29, 0.717) is 12.5 Å². The van der Waals surface area contributed by atoms with Gasteiger partial charge in [0.2, 0.25) is 0 Å². The first-order valence-corrected chi connectivity index (χ1v) is 7.66. The van der Waals surface area contributed by atoms with Crippen molar-refractivity contribution in [2.45, 2.75) is 25.9 Å². The number of hydrogen-bond donors (Lipinski definition) is 1.